The highest BCUT2D eigenvalue weighted by atomic mass is 19.1. The molecule has 2 saturated heterocycles. The minimum absolute atomic E-state index is 0.146. The number of methoxy groups -OCH3 is 1. The third-order valence-corrected chi connectivity index (χ3v) is 5.50. The third kappa shape index (κ3) is 3.80. The zero-order chi connectivity index (χ0) is 17.9. The van der Waals surface area contributed by atoms with Crippen LogP contribution in [0, 0.1) is 11.2 Å². The zero-order valence-corrected chi connectivity index (χ0v) is 14.8. The molecule has 2 aliphatic heterocycles. The van der Waals surface area contributed by atoms with Gasteiger partial charge in [0.05, 0.1) is 12.5 Å². The number of hydrogen-bond donors (Lipinski definition) is 1. The van der Waals surface area contributed by atoms with Gasteiger partial charge in [-0.3, -0.25) is 4.79 Å². The van der Waals surface area contributed by atoms with E-state index in [1.165, 1.54) is 6.07 Å². The molecule has 0 saturated carbocycles. The number of rotatable bonds is 6. The lowest BCUT2D eigenvalue weighted by atomic mass is 9.78. The molecule has 0 bridgehead atoms. The van der Waals surface area contributed by atoms with Crippen LogP contribution in [0.3, 0.4) is 0 Å². The fraction of sp³-hybridized carbons (Fsp3) is 0.632. The van der Waals surface area contributed by atoms with E-state index >= 15 is 0 Å². The summed E-state index contributed by atoms with van der Waals surface area (Å²) in [7, 11) is 1.55. The molecule has 2 heterocycles. The molecule has 1 amide bonds. The number of nitrogens with zero attached hydrogens (tertiary/aromatic N) is 2. The van der Waals surface area contributed by atoms with Crippen LogP contribution >= 0.6 is 0 Å². The van der Waals surface area contributed by atoms with Crippen LogP contribution in [0.2, 0.25) is 0 Å². The standard InChI is InChI=1S/C19H27FN2O3/c1-25-16-4-5-17(20)15(12-16)13-22-9-2-6-19(18(22)24)7-10-21(14-19)8-3-11-23/h4-5,12,23H,2-3,6-11,13-14H2,1H3/t19-/m1/s1. The highest BCUT2D eigenvalue weighted by Crippen LogP contribution is 2.40. The zero-order valence-electron chi connectivity index (χ0n) is 14.8. The molecular formula is C19H27FN2O3. The molecule has 138 valence electrons. The quantitative estimate of drug-likeness (QED) is 0.853. The van der Waals surface area contributed by atoms with Crippen LogP contribution in [0.1, 0.15) is 31.2 Å². The number of piperidine rings is 1. The predicted octanol–water partition coefficient (Wildman–Crippen LogP) is 2.03. The van der Waals surface area contributed by atoms with E-state index in [1.807, 2.05) is 0 Å². The van der Waals surface area contributed by atoms with Crippen molar-refractivity contribution in [2.45, 2.75) is 32.2 Å². The fourth-order valence-electron chi connectivity index (χ4n) is 4.13. The summed E-state index contributed by atoms with van der Waals surface area (Å²) in [5.41, 5.74) is 0.170. The van der Waals surface area contributed by atoms with E-state index in [-0.39, 0.29) is 23.7 Å². The van der Waals surface area contributed by atoms with E-state index in [0.717, 1.165) is 45.3 Å². The molecule has 1 N–H and O–H groups in total. The van der Waals surface area contributed by atoms with Crippen molar-refractivity contribution in [1.82, 2.24) is 9.80 Å². The lowest BCUT2D eigenvalue weighted by molar-refractivity contribution is -0.146. The molecule has 0 aromatic heterocycles. The maximum atomic E-state index is 14.1. The van der Waals surface area contributed by atoms with E-state index in [9.17, 15) is 9.18 Å². The van der Waals surface area contributed by atoms with Gasteiger partial charge in [0.25, 0.3) is 0 Å². The number of hydrogen-bond acceptors (Lipinski definition) is 4. The van der Waals surface area contributed by atoms with Crippen molar-refractivity contribution in [1.29, 1.82) is 0 Å². The maximum Gasteiger partial charge on any atom is 0.230 e. The molecule has 0 radical (unpaired) electrons. The lowest BCUT2D eigenvalue weighted by Gasteiger charge is -2.39. The minimum Gasteiger partial charge on any atom is -0.497 e. The molecule has 5 nitrogen and oxygen atoms in total. The number of ether oxygens (including phenoxy) is 1. The number of carbonyl (C=O) groups excluding carboxylic acids is 1. The number of halogens is 1. The van der Waals surface area contributed by atoms with Crippen LogP contribution in [-0.2, 0) is 11.3 Å². The average Bonchev–Trinajstić information content (AvgIpc) is 3.03. The van der Waals surface area contributed by atoms with Crippen LogP contribution in [0.25, 0.3) is 0 Å². The highest BCUT2D eigenvalue weighted by Gasteiger charge is 2.48. The summed E-state index contributed by atoms with van der Waals surface area (Å²) in [5.74, 6) is 0.448. The number of likely N-dealkylation sites (tertiary alicyclic amines) is 2. The Balaban J connectivity index is 1.71. The summed E-state index contributed by atoms with van der Waals surface area (Å²) < 4.78 is 19.3. The van der Waals surface area contributed by atoms with E-state index in [2.05, 4.69) is 4.90 Å². The van der Waals surface area contributed by atoms with Crippen LogP contribution < -0.4 is 4.74 Å². The van der Waals surface area contributed by atoms with Crippen molar-refractivity contribution in [2.75, 3.05) is 39.9 Å². The summed E-state index contributed by atoms with van der Waals surface area (Å²) >= 11 is 0. The molecule has 1 aromatic carbocycles. The van der Waals surface area contributed by atoms with Gasteiger partial charge in [-0.2, -0.15) is 0 Å². The number of aliphatic hydroxyl groups excluding tert-OH is 1. The first-order valence-corrected chi connectivity index (χ1v) is 9.03. The van der Waals surface area contributed by atoms with Gasteiger partial charge in [-0.1, -0.05) is 0 Å². The summed E-state index contributed by atoms with van der Waals surface area (Å²) in [6.07, 6.45) is 3.45. The van der Waals surface area contributed by atoms with Gasteiger partial charge in [-0.15, -0.1) is 0 Å². The summed E-state index contributed by atoms with van der Waals surface area (Å²) in [4.78, 5) is 17.2. The second-order valence-corrected chi connectivity index (χ2v) is 7.17. The SMILES string of the molecule is COc1ccc(F)c(CN2CCC[C@]3(CCN(CCCO)C3)C2=O)c1. The van der Waals surface area contributed by atoms with E-state index in [4.69, 9.17) is 9.84 Å². The van der Waals surface area contributed by atoms with Gasteiger partial charge >= 0.3 is 0 Å². The average molecular weight is 350 g/mol. The van der Waals surface area contributed by atoms with Gasteiger partial charge in [-0.05, 0) is 50.4 Å². The van der Waals surface area contributed by atoms with Crippen LogP contribution in [-0.4, -0.2) is 60.7 Å². The largest absolute Gasteiger partial charge is 0.497 e. The van der Waals surface area contributed by atoms with Crippen LogP contribution in [0.5, 0.6) is 5.75 Å². The number of aliphatic hydroxyl groups is 1. The van der Waals surface area contributed by atoms with Gasteiger partial charge < -0.3 is 19.6 Å². The molecule has 2 aliphatic rings. The molecule has 2 fully saturated rings. The minimum atomic E-state index is -0.330. The van der Waals surface area contributed by atoms with Gasteiger partial charge in [-0.25, -0.2) is 4.39 Å². The Labute approximate surface area is 148 Å². The van der Waals surface area contributed by atoms with Crippen molar-refractivity contribution < 1.29 is 19.0 Å². The topological polar surface area (TPSA) is 53.0 Å². The van der Waals surface area contributed by atoms with Gasteiger partial charge in [0.1, 0.15) is 11.6 Å². The molecule has 3 rings (SSSR count). The van der Waals surface area contributed by atoms with E-state index in [1.54, 1.807) is 24.1 Å². The molecule has 0 unspecified atom stereocenters. The summed E-state index contributed by atoms with van der Waals surface area (Å²) in [6.45, 7) is 3.62. The maximum absolute atomic E-state index is 14.1. The molecular weight excluding hydrogens is 323 g/mol. The first-order valence-electron chi connectivity index (χ1n) is 9.03. The molecule has 0 aliphatic carbocycles. The Hall–Kier alpha value is -1.66. The Kier molecular flexibility index (Phi) is 5.59. The molecule has 1 aromatic rings. The molecule has 6 heteroatoms. The Bertz CT molecular complexity index is 625. The summed E-state index contributed by atoms with van der Waals surface area (Å²) in [6, 6.07) is 4.66. The van der Waals surface area contributed by atoms with Crippen molar-refractivity contribution in [3.05, 3.63) is 29.6 Å². The number of benzene rings is 1. The Morgan fingerprint density at radius 2 is 2.16 bits per heavy atom. The first-order chi connectivity index (χ1) is 12.1. The smallest absolute Gasteiger partial charge is 0.230 e. The molecule has 1 spiro atoms. The first kappa shape index (κ1) is 18.1. The van der Waals surface area contributed by atoms with Crippen LogP contribution in [0.15, 0.2) is 18.2 Å². The fourth-order valence-corrected chi connectivity index (χ4v) is 4.13. The lowest BCUT2D eigenvalue weighted by Crippen LogP contribution is -2.49. The number of carbonyl (C=O) groups is 1. The van der Waals surface area contributed by atoms with Gasteiger partial charge in [0, 0.05) is 38.3 Å². The van der Waals surface area contributed by atoms with E-state index in [0.29, 0.717) is 24.4 Å². The monoisotopic (exact) mass is 350 g/mol. The number of amides is 1. The summed E-state index contributed by atoms with van der Waals surface area (Å²) in [5, 5.41) is 9.01. The van der Waals surface area contributed by atoms with Crippen molar-refractivity contribution >= 4 is 5.91 Å². The van der Waals surface area contributed by atoms with Gasteiger partial charge in [0.2, 0.25) is 5.91 Å². The Morgan fingerprint density at radius 1 is 1.32 bits per heavy atom. The normalized spacial score (nSPS) is 24.3. The molecule has 25 heavy (non-hydrogen) atoms. The third-order valence-electron chi connectivity index (χ3n) is 5.50. The van der Waals surface area contributed by atoms with E-state index < -0.39 is 0 Å². The van der Waals surface area contributed by atoms with Gasteiger partial charge in [0.15, 0.2) is 0 Å². The van der Waals surface area contributed by atoms with Crippen molar-refractivity contribution in [2.24, 2.45) is 5.41 Å². The van der Waals surface area contributed by atoms with Crippen LogP contribution in [0.4, 0.5) is 4.39 Å². The van der Waals surface area contributed by atoms with Crippen molar-refractivity contribution in [3.63, 3.8) is 0 Å². The predicted molar refractivity (Wildman–Crippen MR) is 92.8 cm³/mol. The Morgan fingerprint density at radius 3 is 2.92 bits per heavy atom. The second-order valence-electron chi connectivity index (χ2n) is 7.17. The van der Waals surface area contributed by atoms with Crippen molar-refractivity contribution in [3.8, 4) is 5.75 Å². The molecule has 1 atom stereocenters. The second kappa shape index (κ2) is 7.70. The highest BCUT2D eigenvalue weighted by molar-refractivity contribution is 5.84.